The Hall–Kier alpha value is -1.31. The fourth-order valence-electron chi connectivity index (χ4n) is 1.37. The van der Waals surface area contributed by atoms with Crippen LogP contribution < -0.4 is 5.73 Å². The first-order valence-electron chi connectivity index (χ1n) is 5.01. The second-order valence-corrected chi connectivity index (χ2v) is 6.89. The van der Waals surface area contributed by atoms with E-state index >= 15 is 0 Å². The summed E-state index contributed by atoms with van der Waals surface area (Å²) in [6.45, 7) is 0. The Kier molecular flexibility index (Phi) is 3.71. The minimum atomic E-state index is -3.23. The lowest BCUT2D eigenvalue weighted by Crippen LogP contribution is -2.02. The number of nitrogen functional groups attached to an aromatic ring is 1. The third-order valence-corrected chi connectivity index (χ3v) is 3.59. The number of halogens is 2. The van der Waals surface area contributed by atoms with Gasteiger partial charge >= 0.3 is 0 Å². The van der Waals surface area contributed by atoms with Crippen LogP contribution >= 0.6 is 23.2 Å². The molecule has 2 rings (SSSR count). The molecule has 0 bridgehead atoms. The Balaban J connectivity index is 2.38. The monoisotopic (exact) mass is 321 g/mol. The minimum absolute atomic E-state index is 0.0709. The summed E-state index contributed by atoms with van der Waals surface area (Å²) >= 11 is 11.8. The Morgan fingerprint density at radius 2 is 1.89 bits per heavy atom. The zero-order valence-electron chi connectivity index (χ0n) is 9.72. The molecule has 0 aliphatic heterocycles. The van der Waals surface area contributed by atoms with Gasteiger partial charge in [0.2, 0.25) is 0 Å². The summed E-state index contributed by atoms with van der Waals surface area (Å²) < 4.78 is 27.2. The number of nitrogens with two attached hydrogens (primary N) is 1. The average molecular weight is 322 g/mol. The van der Waals surface area contributed by atoms with Crippen molar-refractivity contribution < 1.29 is 12.9 Å². The van der Waals surface area contributed by atoms with Crippen molar-refractivity contribution in [3.05, 3.63) is 28.0 Å². The summed E-state index contributed by atoms with van der Waals surface area (Å²) in [5.41, 5.74) is 6.33. The smallest absolute Gasteiger partial charge is 0.258 e. The van der Waals surface area contributed by atoms with Crippen molar-refractivity contribution in [3.8, 4) is 11.5 Å². The first kappa shape index (κ1) is 14.1. The summed E-state index contributed by atoms with van der Waals surface area (Å²) in [6, 6.07) is 3.03. The molecule has 1 aromatic heterocycles. The van der Waals surface area contributed by atoms with Crippen molar-refractivity contribution in [1.29, 1.82) is 0 Å². The Labute approximate surface area is 119 Å². The highest BCUT2D eigenvalue weighted by atomic mass is 35.5. The lowest BCUT2D eigenvalue weighted by molar-refractivity contribution is 0.424. The van der Waals surface area contributed by atoms with E-state index in [-0.39, 0.29) is 33.2 Å². The van der Waals surface area contributed by atoms with E-state index in [4.69, 9.17) is 33.5 Å². The predicted molar refractivity (Wildman–Crippen MR) is 72.7 cm³/mol. The van der Waals surface area contributed by atoms with Crippen LogP contribution in [0.3, 0.4) is 0 Å². The first-order chi connectivity index (χ1) is 8.76. The van der Waals surface area contributed by atoms with Crippen LogP contribution in [0.5, 0.6) is 0 Å². The van der Waals surface area contributed by atoms with Gasteiger partial charge in [-0.05, 0) is 12.1 Å². The van der Waals surface area contributed by atoms with E-state index in [1.165, 1.54) is 12.1 Å². The zero-order chi connectivity index (χ0) is 14.2. The fraction of sp³-hybridized carbons (Fsp3) is 0.200. The van der Waals surface area contributed by atoms with Gasteiger partial charge in [0.05, 0.1) is 15.7 Å². The number of hydrogen-bond acceptors (Lipinski definition) is 6. The summed E-state index contributed by atoms with van der Waals surface area (Å²) in [7, 11) is -3.23. The number of rotatable bonds is 3. The molecule has 1 heterocycles. The molecule has 0 unspecified atom stereocenters. The first-order valence-corrected chi connectivity index (χ1v) is 7.83. The van der Waals surface area contributed by atoms with Gasteiger partial charge in [-0.3, -0.25) is 0 Å². The maximum absolute atomic E-state index is 11.1. The van der Waals surface area contributed by atoms with E-state index in [0.717, 1.165) is 6.26 Å². The molecule has 0 saturated carbocycles. The summed E-state index contributed by atoms with van der Waals surface area (Å²) in [5.74, 6) is -0.101. The number of benzene rings is 1. The van der Waals surface area contributed by atoms with E-state index in [9.17, 15) is 8.42 Å². The van der Waals surface area contributed by atoms with Crippen molar-refractivity contribution in [2.75, 3.05) is 12.0 Å². The zero-order valence-corrected chi connectivity index (χ0v) is 12.1. The van der Waals surface area contributed by atoms with E-state index < -0.39 is 9.84 Å². The normalized spacial score (nSPS) is 11.7. The van der Waals surface area contributed by atoms with Gasteiger partial charge in [0.25, 0.3) is 5.89 Å². The molecule has 0 fully saturated rings. The van der Waals surface area contributed by atoms with Crippen LogP contribution in [-0.4, -0.2) is 24.8 Å². The lowest BCUT2D eigenvalue weighted by atomic mass is 10.2. The maximum atomic E-state index is 11.1. The number of nitrogens with zero attached hydrogens (tertiary/aromatic N) is 2. The van der Waals surface area contributed by atoms with Crippen LogP contribution in [0, 0.1) is 0 Å². The van der Waals surface area contributed by atoms with Gasteiger partial charge in [0, 0.05) is 11.8 Å². The molecule has 2 N–H and O–H groups in total. The van der Waals surface area contributed by atoms with Crippen molar-refractivity contribution >= 4 is 38.7 Å². The van der Waals surface area contributed by atoms with Gasteiger partial charge in [-0.25, -0.2) is 8.42 Å². The average Bonchev–Trinajstić information content (AvgIpc) is 2.71. The highest BCUT2D eigenvalue weighted by Gasteiger charge is 2.15. The van der Waals surface area contributed by atoms with Crippen LogP contribution in [0.1, 0.15) is 5.82 Å². The maximum Gasteiger partial charge on any atom is 0.258 e. The van der Waals surface area contributed by atoms with E-state index in [1.807, 2.05) is 0 Å². The predicted octanol–water partition coefficient (Wildman–Crippen LogP) is 2.17. The van der Waals surface area contributed by atoms with Gasteiger partial charge in [0.1, 0.15) is 5.75 Å². The largest absolute Gasteiger partial charge is 0.396 e. The summed E-state index contributed by atoms with van der Waals surface area (Å²) in [4.78, 5) is 3.96. The molecule has 0 atom stereocenters. The highest BCUT2D eigenvalue weighted by molar-refractivity contribution is 7.89. The lowest BCUT2D eigenvalue weighted by Gasteiger charge is -2.02. The molecule has 0 amide bonds. The topological polar surface area (TPSA) is 99.1 Å². The van der Waals surface area contributed by atoms with Gasteiger partial charge in [-0.15, -0.1) is 0 Å². The molecule has 0 saturated heterocycles. The van der Waals surface area contributed by atoms with Gasteiger partial charge in [0.15, 0.2) is 15.7 Å². The number of aromatic nitrogens is 2. The van der Waals surface area contributed by atoms with E-state index in [0.29, 0.717) is 5.56 Å². The molecule has 19 heavy (non-hydrogen) atoms. The Bertz CT molecular complexity index is 704. The second kappa shape index (κ2) is 4.99. The standard InChI is InChI=1S/C10H9Cl2N3O3S/c1-19(16,17)4-8-14-10(18-15-8)5-2-6(11)9(13)7(12)3-5/h2-3H,4,13H2,1H3. The molecule has 9 heteroatoms. The van der Waals surface area contributed by atoms with Crippen molar-refractivity contribution in [2.24, 2.45) is 0 Å². The van der Waals surface area contributed by atoms with E-state index in [2.05, 4.69) is 10.1 Å². The third-order valence-electron chi connectivity index (χ3n) is 2.19. The highest BCUT2D eigenvalue weighted by Crippen LogP contribution is 2.32. The molecule has 0 radical (unpaired) electrons. The van der Waals surface area contributed by atoms with Crippen molar-refractivity contribution in [1.82, 2.24) is 10.1 Å². The second-order valence-electron chi connectivity index (χ2n) is 3.94. The molecule has 102 valence electrons. The molecule has 0 aliphatic carbocycles. The molecule has 6 nitrogen and oxygen atoms in total. The van der Waals surface area contributed by atoms with Crippen LogP contribution in [-0.2, 0) is 15.6 Å². The number of hydrogen-bond donors (Lipinski definition) is 1. The van der Waals surface area contributed by atoms with Crippen LogP contribution in [0.4, 0.5) is 5.69 Å². The number of sulfone groups is 1. The molecule has 0 spiro atoms. The van der Waals surface area contributed by atoms with Crippen molar-refractivity contribution in [3.63, 3.8) is 0 Å². The Morgan fingerprint density at radius 3 is 2.42 bits per heavy atom. The molecular formula is C10H9Cl2N3O3S. The molecular weight excluding hydrogens is 313 g/mol. The van der Waals surface area contributed by atoms with Crippen LogP contribution in [0.15, 0.2) is 16.7 Å². The Morgan fingerprint density at radius 1 is 1.32 bits per heavy atom. The van der Waals surface area contributed by atoms with Gasteiger partial charge < -0.3 is 10.3 Å². The van der Waals surface area contributed by atoms with Crippen molar-refractivity contribution in [2.45, 2.75) is 5.75 Å². The van der Waals surface area contributed by atoms with Crippen LogP contribution in [0.2, 0.25) is 10.0 Å². The quantitative estimate of drug-likeness (QED) is 0.870. The third kappa shape index (κ3) is 3.37. The summed E-state index contributed by atoms with van der Waals surface area (Å²) in [6.07, 6.45) is 1.08. The van der Waals surface area contributed by atoms with Gasteiger partial charge in [-0.1, -0.05) is 28.4 Å². The summed E-state index contributed by atoms with van der Waals surface area (Å²) in [5, 5.41) is 4.09. The molecule has 1 aromatic carbocycles. The number of anilines is 1. The molecule has 2 aromatic rings. The fourth-order valence-corrected chi connectivity index (χ4v) is 2.45. The van der Waals surface area contributed by atoms with Gasteiger partial charge in [-0.2, -0.15) is 4.98 Å². The van der Waals surface area contributed by atoms with Crippen LogP contribution in [0.25, 0.3) is 11.5 Å². The minimum Gasteiger partial charge on any atom is -0.396 e. The molecule has 0 aliphatic rings. The van der Waals surface area contributed by atoms with E-state index in [1.54, 1.807) is 0 Å². The SMILES string of the molecule is CS(=O)(=O)Cc1noc(-c2cc(Cl)c(N)c(Cl)c2)n1.